The predicted octanol–water partition coefficient (Wildman–Crippen LogP) is 3.71. The lowest BCUT2D eigenvalue weighted by atomic mass is 9.95. The molecule has 1 aliphatic rings. The second-order valence-corrected chi connectivity index (χ2v) is 8.67. The van der Waals surface area contributed by atoms with Crippen molar-refractivity contribution in [1.82, 2.24) is 10.3 Å². The minimum atomic E-state index is -1.05. The van der Waals surface area contributed by atoms with Crippen molar-refractivity contribution in [2.45, 2.75) is 42.9 Å². The number of aromatic amines is 1. The number of benzene rings is 2. The van der Waals surface area contributed by atoms with E-state index in [4.69, 9.17) is 17.4 Å². The van der Waals surface area contributed by atoms with Crippen molar-refractivity contribution in [3.63, 3.8) is 0 Å². The quantitative estimate of drug-likeness (QED) is 0.404. The van der Waals surface area contributed by atoms with Gasteiger partial charge in [-0.1, -0.05) is 24.3 Å². The summed E-state index contributed by atoms with van der Waals surface area (Å²) >= 11 is 4.71. The molecular weight excluding hydrogens is 412 g/mol. The first-order valence-corrected chi connectivity index (χ1v) is 10.9. The number of hydrogen-bond donors (Lipinski definition) is 4. The molecule has 3 N–H and O–H groups in total. The summed E-state index contributed by atoms with van der Waals surface area (Å²) in [5.74, 6) is -0.358. The zero-order chi connectivity index (χ0) is 22.0. The fraction of sp³-hybridized carbons (Fsp3) is 0.333. The van der Waals surface area contributed by atoms with E-state index in [1.165, 1.54) is 11.1 Å². The van der Waals surface area contributed by atoms with Gasteiger partial charge in [-0.05, 0) is 53.6 Å². The summed E-state index contributed by atoms with van der Waals surface area (Å²) in [6, 6.07) is 12.7. The maximum absolute atomic E-state index is 12.7. The number of methoxy groups -OCH3 is 1. The van der Waals surface area contributed by atoms with E-state index in [2.05, 4.69) is 10.3 Å². The molecule has 0 saturated heterocycles. The maximum atomic E-state index is 12.7. The van der Waals surface area contributed by atoms with Crippen LogP contribution < -0.4 is 10.1 Å². The zero-order valence-electron chi connectivity index (χ0n) is 17.3. The molecule has 7 heteroatoms. The Hall–Kier alpha value is -2.93. The van der Waals surface area contributed by atoms with Crippen molar-refractivity contribution in [3.05, 3.63) is 65.4 Å². The van der Waals surface area contributed by atoms with E-state index >= 15 is 0 Å². The van der Waals surface area contributed by atoms with E-state index in [1.54, 1.807) is 13.3 Å². The Morgan fingerprint density at radius 1 is 1.29 bits per heavy atom. The average molecular weight is 439 g/mol. The number of para-hydroxylation sites is 1. The summed E-state index contributed by atoms with van der Waals surface area (Å²) < 4.78 is 5.29. The van der Waals surface area contributed by atoms with Crippen molar-refractivity contribution in [1.29, 1.82) is 0 Å². The third-order valence-electron chi connectivity index (χ3n) is 6.07. The number of rotatable bonds is 8. The molecule has 31 heavy (non-hydrogen) atoms. The molecule has 0 bridgehead atoms. The molecule has 6 nitrogen and oxygen atoms in total. The summed E-state index contributed by atoms with van der Waals surface area (Å²) in [5.41, 5.74) is 4.23. The van der Waals surface area contributed by atoms with Crippen LogP contribution in [0.2, 0.25) is 0 Å². The highest BCUT2D eigenvalue weighted by atomic mass is 32.1. The van der Waals surface area contributed by atoms with E-state index in [0.717, 1.165) is 35.1 Å². The Morgan fingerprint density at radius 3 is 2.87 bits per heavy atom. The molecule has 1 aromatic heterocycles. The molecule has 1 aliphatic carbocycles. The van der Waals surface area contributed by atoms with Crippen LogP contribution in [0.5, 0.6) is 5.75 Å². The fourth-order valence-corrected chi connectivity index (χ4v) is 4.93. The summed E-state index contributed by atoms with van der Waals surface area (Å²) in [5, 5.41) is 13.1. The fourth-order valence-electron chi connectivity index (χ4n) is 4.46. The van der Waals surface area contributed by atoms with Crippen LogP contribution >= 0.6 is 12.6 Å². The number of H-pyrrole nitrogens is 1. The predicted molar refractivity (Wildman–Crippen MR) is 123 cm³/mol. The minimum absolute atomic E-state index is 0.159. The number of carbonyl (C=O) groups is 2. The molecule has 0 fully saturated rings. The van der Waals surface area contributed by atoms with Crippen molar-refractivity contribution in [2.75, 3.05) is 7.11 Å². The lowest BCUT2D eigenvalue weighted by molar-refractivity contribution is -0.141. The monoisotopic (exact) mass is 438 g/mol. The van der Waals surface area contributed by atoms with Gasteiger partial charge in [0.2, 0.25) is 5.91 Å². The van der Waals surface area contributed by atoms with Crippen LogP contribution in [0.1, 0.15) is 35.4 Å². The van der Waals surface area contributed by atoms with E-state index < -0.39 is 12.0 Å². The molecular formula is C24H26N2O4S. The lowest BCUT2D eigenvalue weighted by Gasteiger charge is -2.21. The first kappa shape index (κ1) is 21.3. The number of thiol groups is 1. The molecule has 1 heterocycles. The molecule has 0 spiro atoms. The maximum Gasteiger partial charge on any atom is 0.326 e. The molecule has 0 radical (unpaired) electrons. The number of fused-ring (bicyclic) bond motifs is 2. The van der Waals surface area contributed by atoms with Crippen LogP contribution in [0, 0.1) is 0 Å². The van der Waals surface area contributed by atoms with Crippen LogP contribution in [0.25, 0.3) is 10.9 Å². The van der Waals surface area contributed by atoms with Gasteiger partial charge < -0.3 is 20.1 Å². The van der Waals surface area contributed by atoms with Gasteiger partial charge in [0.25, 0.3) is 0 Å². The zero-order valence-corrected chi connectivity index (χ0v) is 18.2. The Kier molecular flexibility index (Phi) is 6.23. The second kappa shape index (κ2) is 9.06. The van der Waals surface area contributed by atoms with Crippen molar-refractivity contribution in [2.24, 2.45) is 0 Å². The number of carboxylic acid groups (broad SMARTS) is 1. The Labute approximate surface area is 186 Å². The van der Waals surface area contributed by atoms with Gasteiger partial charge in [0.15, 0.2) is 0 Å². The number of aliphatic carboxylic acids is 1. The SMILES string of the molecule is COc1ccc2c(c1)CCC2C(S)CC(=O)N[C@@H](Cc1c[nH]c2ccccc12)C(=O)O. The first-order valence-electron chi connectivity index (χ1n) is 10.4. The molecule has 2 unspecified atom stereocenters. The van der Waals surface area contributed by atoms with Gasteiger partial charge in [0.05, 0.1) is 7.11 Å². The highest BCUT2D eigenvalue weighted by molar-refractivity contribution is 7.81. The van der Waals surface area contributed by atoms with Crippen LogP contribution in [-0.2, 0) is 22.4 Å². The number of nitrogens with one attached hydrogen (secondary N) is 2. The number of aryl methyl sites for hydroxylation is 1. The molecule has 2 aromatic carbocycles. The summed E-state index contributed by atoms with van der Waals surface area (Å²) in [6.07, 6.45) is 4.03. The molecule has 3 aromatic rings. The molecule has 162 valence electrons. The van der Waals surface area contributed by atoms with Gasteiger partial charge in [-0.15, -0.1) is 0 Å². The summed E-state index contributed by atoms with van der Waals surface area (Å²) in [4.78, 5) is 27.6. The number of aromatic nitrogens is 1. The molecule has 3 atom stereocenters. The highest BCUT2D eigenvalue weighted by Gasteiger charge is 2.30. The molecule has 4 rings (SSSR count). The minimum Gasteiger partial charge on any atom is -0.497 e. The second-order valence-electron chi connectivity index (χ2n) is 8.00. The van der Waals surface area contributed by atoms with Crippen molar-refractivity contribution in [3.8, 4) is 5.75 Å². The molecule has 1 amide bonds. The smallest absolute Gasteiger partial charge is 0.326 e. The Bertz CT molecular complexity index is 1110. The van der Waals surface area contributed by atoms with Crippen LogP contribution in [0.4, 0.5) is 0 Å². The number of ether oxygens (including phenoxy) is 1. The Morgan fingerprint density at radius 2 is 2.10 bits per heavy atom. The highest BCUT2D eigenvalue weighted by Crippen LogP contribution is 2.40. The number of carbonyl (C=O) groups excluding carboxylic acids is 1. The topological polar surface area (TPSA) is 91.4 Å². The lowest BCUT2D eigenvalue weighted by Crippen LogP contribution is -2.43. The van der Waals surface area contributed by atoms with E-state index in [9.17, 15) is 14.7 Å². The van der Waals surface area contributed by atoms with Gasteiger partial charge >= 0.3 is 5.97 Å². The standard InChI is InChI=1S/C24H26N2O4S/c1-30-16-7-9-17-14(10-16)6-8-19(17)22(31)12-23(27)26-21(24(28)29)11-15-13-25-20-5-3-2-4-18(15)20/h2-5,7,9-10,13,19,21-22,25,31H,6,8,11-12H2,1H3,(H,26,27)(H,28,29)/t19?,21-,22?/m0/s1. The molecule has 0 aliphatic heterocycles. The normalized spacial score (nSPS) is 17.2. The average Bonchev–Trinajstić information content (AvgIpc) is 3.37. The van der Waals surface area contributed by atoms with Crippen LogP contribution in [0.3, 0.4) is 0 Å². The summed E-state index contributed by atoms with van der Waals surface area (Å²) in [7, 11) is 1.65. The van der Waals surface area contributed by atoms with Crippen LogP contribution in [0.15, 0.2) is 48.7 Å². The van der Waals surface area contributed by atoms with E-state index in [-0.39, 0.29) is 29.9 Å². The van der Waals surface area contributed by atoms with Gasteiger partial charge in [-0.3, -0.25) is 4.79 Å². The summed E-state index contributed by atoms with van der Waals surface area (Å²) in [6.45, 7) is 0. The number of amides is 1. The van der Waals surface area contributed by atoms with Gasteiger partial charge in [0, 0.05) is 35.2 Å². The largest absolute Gasteiger partial charge is 0.497 e. The third-order valence-corrected chi connectivity index (χ3v) is 6.61. The van der Waals surface area contributed by atoms with Crippen molar-refractivity contribution < 1.29 is 19.4 Å². The number of carboxylic acids is 1. The first-order chi connectivity index (χ1) is 15.0. The van der Waals surface area contributed by atoms with E-state index in [1.807, 2.05) is 42.5 Å². The van der Waals surface area contributed by atoms with E-state index in [0.29, 0.717) is 0 Å². The van der Waals surface area contributed by atoms with Crippen LogP contribution in [-0.4, -0.2) is 40.4 Å². The molecule has 0 saturated carbocycles. The van der Waals surface area contributed by atoms with Gasteiger partial charge in [0.1, 0.15) is 11.8 Å². The van der Waals surface area contributed by atoms with Crippen molar-refractivity contribution >= 4 is 35.4 Å². The van der Waals surface area contributed by atoms with Gasteiger partial charge in [-0.2, -0.15) is 12.6 Å². The Balaban J connectivity index is 1.40. The third kappa shape index (κ3) is 4.56. The van der Waals surface area contributed by atoms with Gasteiger partial charge in [-0.25, -0.2) is 4.79 Å². The number of hydrogen-bond acceptors (Lipinski definition) is 4.